The van der Waals surface area contributed by atoms with Crippen LogP contribution in [0.2, 0.25) is 0 Å². The zero-order chi connectivity index (χ0) is 14.8. The normalized spacial score (nSPS) is 14.1. The molecule has 0 amide bonds. The van der Waals surface area contributed by atoms with Crippen LogP contribution in [-0.4, -0.2) is 0 Å². The molecule has 0 aliphatic rings. The number of rotatable bonds is 4. The van der Waals surface area contributed by atoms with Gasteiger partial charge in [0.15, 0.2) is 0 Å². The van der Waals surface area contributed by atoms with Gasteiger partial charge in [-0.25, -0.2) is 0 Å². The Morgan fingerprint density at radius 1 is 0.900 bits per heavy atom. The third kappa shape index (κ3) is 2.94. The minimum absolute atomic E-state index is 0.288. The van der Waals surface area contributed by atoms with Crippen molar-refractivity contribution in [3.63, 3.8) is 0 Å². The van der Waals surface area contributed by atoms with Crippen LogP contribution in [0.5, 0.6) is 0 Å². The minimum Gasteiger partial charge on any atom is -0.321 e. The molecule has 1 nitrogen and oxygen atoms in total. The molecule has 0 heterocycles. The monoisotopic (exact) mass is 267 g/mol. The average Bonchev–Trinajstić information content (AvgIpc) is 2.43. The molecular formula is C19H25N. The van der Waals surface area contributed by atoms with E-state index in [0.29, 0.717) is 0 Å². The second kappa shape index (κ2) is 5.80. The average molecular weight is 267 g/mol. The minimum atomic E-state index is -0.288. The van der Waals surface area contributed by atoms with E-state index in [0.717, 1.165) is 12.8 Å². The molecular weight excluding hydrogens is 242 g/mol. The van der Waals surface area contributed by atoms with Gasteiger partial charge in [0.2, 0.25) is 0 Å². The Hall–Kier alpha value is -1.60. The Morgan fingerprint density at radius 3 is 2.10 bits per heavy atom. The molecule has 2 rings (SSSR count). The molecule has 0 radical (unpaired) electrons. The van der Waals surface area contributed by atoms with Crippen molar-refractivity contribution in [2.45, 2.75) is 46.1 Å². The van der Waals surface area contributed by atoms with Gasteiger partial charge in [0.1, 0.15) is 0 Å². The zero-order valence-electron chi connectivity index (χ0n) is 13.0. The standard InChI is InChI=1S/C19H25N/c1-5-19(20,13-17-9-7-6-8-10-17)18-12-15(3)14(2)11-16(18)4/h6-12H,5,13,20H2,1-4H3. The van der Waals surface area contributed by atoms with Crippen LogP contribution in [0.25, 0.3) is 0 Å². The largest absolute Gasteiger partial charge is 0.321 e. The third-order valence-electron chi connectivity index (χ3n) is 4.37. The lowest BCUT2D eigenvalue weighted by Gasteiger charge is -2.31. The summed E-state index contributed by atoms with van der Waals surface area (Å²) < 4.78 is 0. The highest BCUT2D eigenvalue weighted by atomic mass is 14.7. The van der Waals surface area contributed by atoms with Gasteiger partial charge in [-0.3, -0.25) is 0 Å². The highest BCUT2D eigenvalue weighted by Crippen LogP contribution is 2.31. The van der Waals surface area contributed by atoms with Crippen molar-refractivity contribution in [3.05, 3.63) is 70.3 Å². The molecule has 0 spiro atoms. The van der Waals surface area contributed by atoms with Crippen molar-refractivity contribution in [1.29, 1.82) is 0 Å². The molecule has 106 valence electrons. The summed E-state index contributed by atoms with van der Waals surface area (Å²) in [7, 11) is 0. The van der Waals surface area contributed by atoms with Crippen LogP contribution in [-0.2, 0) is 12.0 Å². The number of benzene rings is 2. The van der Waals surface area contributed by atoms with Gasteiger partial charge in [-0.05, 0) is 61.4 Å². The predicted octanol–water partition coefficient (Wildman–Crippen LogP) is 4.42. The Bertz CT molecular complexity index is 586. The third-order valence-corrected chi connectivity index (χ3v) is 4.37. The Morgan fingerprint density at radius 2 is 1.50 bits per heavy atom. The summed E-state index contributed by atoms with van der Waals surface area (Å²) in [4.78, 5) is 0. The van der Waals surface area contributed by atoms with E-state index < -0.39 is 0 Å². The van der Waals surface area contributed by atoms with Gasteiger partial charge in [0, 0.05) is 5.54 Å². The molecule has 0 aliphatic heterocycles. The van der Waals surface area contributed by atoms with E-state index in [1.807, 2.05) is 0 Å². The van der Waals surface area contributed by atoms with Gasteiger partial charge in [-0.2, -0.15) is 0 Å². The number of nitrogens with two attached hydrogens (primary N) is 1. The van der Waals surface area contributed by atoms with Crippen LogP contribution in [0, 0.1) is 20.8 Å². The first-order valence-electron chi connectivity index (χ1n) is 7.37. The molecule has 0 saturated heterocycles. The van der Waals surface area contributed by atoms with Crippen molar-refractivity contribution < 1.29 is 0 Å². The van der Waals surface area contributed by atoms with Crippen molar-refractivity contribution in [1.82, 2.24) is 0 Å². The molecule has 1 heteroatoms. The molecule has 0 bridgehead atoms. The van der Waals surface area contributed by atoms with Gasteiger partial charge < -0.3 is 5.73 Å². The lowest BCUT2D eigenvalue weighted by molar-refractivity contribution is 0.422. The molecule has 2 aromatic rings. The first kappa shape index (κ1) is 14.8. The van der Waals surface area contributed by atoms with E-state index in [4.69, 9.17) is 5.73 Å². The second-order valence-electron chi connectivity index (χ2n) is 5.92. The van der Waals surface area contributed by atoms with Crippen LogP contribution >= 0.6 is 0 Å². The molecule has 1 atom stereocenters. The Balaban J connectivity index is 2.43. The first-order valence-corrected chi connectivity index (χ1v) is 7.37. The highest BCUT2D eigenvalue weighted by molar-refractivity contribution is 5.41. The fourth-order valence-electron chi connectivity index (χ4n) is 2.87. The maximum absolute atomic E-state index is 6.77. The van der Waals surface area contributed by atoms with Crippen LogP contribution in [0.15, 0.2) is 42.5 Å². The van der Waals surface area contributed by atoms with Crippen molar-refractivity contribution in [2.75, 3.05) is 0 Å². The van der Waals surface area contributed by atoms with Gasteiger partial charge in [-0.1, -0.05) is 49.4 Å². The van der Waals surface area contributed by atoms with E-state index >= 15 is 0 Å². The van der Waals surface area contributed by atoms with E-state index in [-0.39, 0.29) is 5.54 Å². The van der Waals surface area contributed by atoms with Crippen LogP contribution in [0.1, 0.15) is 41.2 Å². The molecule has 0 saturated carbocycles. The Kier molecular flexibility index (Phi) is 4.29. The summed E-state index contributed by atoms with van der Waals surface area (Å²) >= 11 is 0. The predicted molar refractivity (Wildman–Crippen MR) is 87.0 cm³/mol. The molecule has 0 fully saturated rings. The van der Waals surface area contributed by atoms with Gasteiger partial charge >= 0.3 is 0 Å². The van der Waals surface area contributed by atoms with Crippen molar-refractivity contribution in [3.8, 4) is 0 Å². The van der Waals surface area contributed by atoms with Gasteiger partial charge in [-0.15, -0.1) is 0 Å². The van der Waals surface area contributed by atoms with Crippen molar-refractivity contribution in [2.24, 2.45) is 5.73 Å². The molecule has 0 aliphatic carbocycles. The first-order chi connectivity index (χ1) is 9.46. The van der Waals surface area contributed by atoms with E-state index in [1.54, 1.807) is 0 Å². The second-order valence-corrected chi connectivity index (χ2v) is 5.92. The van der Waals surface area contributed by atoms with Gasteiger partial charge in [0.05, 0.1) is 0 Å². The summed E-state index contributed by atoms with van der Waals surface area (Å²) in [5.74, 6) is 0. The summed E-state index contributed by atoms with van der Waals surface area (Å²) in [5.41, 5.74) is 13.0. The fourth-order valence-corrected chi connectivity index (χ4v) is 2.87. The van der Waals surface area contributed by atoms with Gasteiger partial charge in [0.25, 0.3) is 0 Å². The SMILES string of the molecule is CCC(N)(Cc1ccccc1)c1cc(C)c(C)cc1C. The number of hydrogen-bond donors (Lipinski definition) is 1. The molecule has 0 aromatic heterocycles. The zero-order valence-corrected chi connectivity index (χ0v) is 13.0. The maximum atomic E-state index is 6.77. The lowest BCUT2D eigenvalue weighted by atomic mass is 9.79. The number of aryl methyl sites for hydroxylation is 3. The molecule has 2 aromatic carbocycles. The lowest BCUT2D eigenvalue weighted by Crippen LogP contribution is -2.39. The van der Waals surface area contributed by atoms with Crippen LogP contribution < -0.4 is 5.73 Å². The highest BCUT2D eigenvalue weighted by Gasteiger charge is 2.27. The fraction of sp³-hybridized carbons (Fsp3) is 0.368. The summed E-state index contributed by atoms with van der Waals surface area (Å²) in [6.45, 7) is 8.67. The van der Waals surface area contributed by atoms with Crippen molar-refractivity contribution >= 4 is 0 Å². The molecule has 2 N–H and O–H groups in total. The van der Waals surface area contributed by atoms with E-state index in [1.165, 1.54) is 27.8 Å². The van der Waals surface area contributed by atoms with Crippen LogP contribution in [0.3, 0.4) is 0 Å². The van der Waals surface area contributed by atoms with E-state index in [2.05, 4.69) is 70.2 Å². The van der Waals surface area contributed by atoms with E-state index in [9.17, 15) is 0 Å². The quantitative estimate of drug-likeness (QED) is 0.872. The summed E-state index contributed by atoms with van der Waals surface area (Å²) in [5, 5.41) is 0. The molecule has 20 heavy (non-hydrogen) atoms. The molecule has 1 unspecified atom stereocenters. The maximum Gasteiger partial charge on any atom is 0.0450 e. The summed E-state index contributed by atoms with van der Waals surface area (Å²) in [6.07, 6.45) is 1.82. The Labute approximate surface area is 122 Å². The number of hydrogen-bond acceptors (Lipinski definition) is 1. The topological polar surface area (TPSA) is 26.0 Å². The van der Waals surface area contributed by atoms with Crippen LogP contribution in [0.4, 0.5) is 0 Å². The smallest absolute Gasteiger partial charge is 0.0450 e. The summed E-state index contributed by atoms with van der Waals surface area (Å²) in [6, 6.07) is 15.1.